The second-order valence-electron chi connectivity index (χ2n) is 6.68. The number of aromatic amines is 1. The molecule has 2 aromatic heterocycles. The molecule has 0 radical (unpaired) electrons. The van der Waals surface area contributed by atoms with Crippen LogP contribution in [0.15, 0.2) is 77.0 Å². The van der Waals surface area contributed by atoms with E-state index in [0.717, 1.165) is 16.1 Å². The highest BCUT2D eigenvalue weighted by atomic mass is 32.1. The quantitative estimate of drug-likeness (QED) is 0.336. The predicted octanol–water partition coefficient (Wildman–Crippen LogP) is 4.81. The lowest BCUT2D eigenvalue weighted by atomic mass is 10.1. The van der Waals surface area contributed by atoms with Crippen LogP contribution in [0.1, 0.15) is 15.9 Å². The lowest BCUT2D eigenvalue weighted by Crippen LogP contribution is -2.14. The summed E-state index contributed by atoms with van der Waals surface area (Å²) >= 11 is 1.55. The number of carbonyl (C=O) groups excluding carboxylic acids is 1. The van der Waals surface area contributed by atoms with Gasteiger partial charge in [-0.25, -0.2) is 4.79 Å². The summed E-state index contributed by atoms with van der Waals surface area (Å²) in [7, 11) is 3.14. The number of benzene rings is 2. The maximum Gasteiger partial charge on any atom is 0.330 e. The van der Waals surface area contributed by atoms with Crippen molar-refractivity contribution in [3.05, 3.63) is 93.9 Å². The lowest BCUT2D eigenvalue weighted by molar-refractivity contribution is 0.104. The van der Waals surface area contributed by atoms with Gasteiger partial charge in [-0.05, 0) is 47.4 Å². The first-order chi connectivity index (χ1) is 15.1. The van der Waals surface area contributed by atoms with E-state index in [4.69, 9.17) is 9.47 Å². The molecule has 0 atom stereocenters. The number of methoxy groups -OCH3 is 2. The Morgan fingerprint density at radius 2 is 1.87 bits per heavy atom. The number of imidazole rings is 1. The zero-order valence-electron chi connectivity index (χ0n) is 17.0. The van der Waals surface area contributed by atoms with E-state index in [1.807, 2.05) is 23.6 Å². The third kappa shape index (κ3) is 4.36. The smallest absolute Gasteiger partial charge is 0.330 e. The number of rotatable bonds is 7. The molecule has 0 unspecified atom stereocenters. The first kappa shape index (κ1) is 20.4. The molecule has 2 aromatic carbocycles. The maximum absolute atomic E-state index is 12.7. The normalized spacial score (nSPS) is 11.0. The van der Waals surface area contributed by atoms with Crippen LogP contribution in [-0.2, 0) is 0 Å². The van der Waals surface area contributed by atoms with Crippen molar-refractivity contribution in [3.63, 3.8) is 0 Å². The van der Waals surface area contributed by atoms with Gasteiger partial charge in [-0.2, -0.15) is 0 Å². The Balaban J connectivity index is 1.58. The Morgan fingerprint density at radius 3 is 2.61 bits per heavy atom. The van der Waals surface area contributed by atoms with Crippen LogP contribution in [0.25, 0.3) is 22.3 Å². The zero-order valence-corrected chi connectivity index (χ0v) is 17.8. The third-order valence-corrected chi connectivity index (χ3v) is 5.65. The van der Waals surface area contributed by atoms with Gasteiger partial charge < -0.3 is 14.5 Å². The molecule has 7 heteroatoms. The predicted molar refractivity (Wildman–Crippen MR) is 123 cm³/mol. The number of hydrogen-bond donors (Lipinski definition) is 1. The molecule has 0 fully saturated rings. The van der Waals surface area contributed by atoms with Gasteiger partial charge in [0, 0.05) is 11.8 Å². The number of aromatic nitrogens is 2. The van der Waals surface area contributed by atoms with Gasteiger partial charge in [0.25, 0.3) is 0 Å². The molecule has 2 heterocycles. The minimum atomic E-state index is -0.256. The van der Waals surface area contributed by atoms with Crippen molar-refractivity contribution < 1.29 is 14.3 Å². The van der Waals surface area contributed by atoms with E-state index >= 15 is 0 Å². The van der Waals surface area contributed by atoms with Crippen LogP contribution in [0.3, 0.4) is 0 Å². The summed E-state index contributed by atoms with van der Waals surface area (Å²) in [6.45, 7) is 0. The average molecular weight is 433 g/mol. The van der Waals surface area contributed by atoms with Crippen molar-refractivity contribution in [2.75, 3.05) is 14.2 Å². The monoisotopic (exact) mass is 432 g/mol. The van der Waals surface area contributed by atoms with E-state index in [0.29, 0.717) is 22.7 Å². The third-order valence-electron chi connectivity index (χ3n) is 4.75. The van der Waals surface area contributed by atoms with Gasteiger partial charge >= 0.3 is 5.69 Å². The number of nitrogens with zero attached hydrogens (tertiary/aromatic N) is 1. The van der Waals surface area contributed by atoms with Crippen molar-refractivity contribution in [1.29, 1.82) is 0 Å². The number of hydrogen-bond acceptors (Lipinski definition) is 5. The summed E-state index contributed by atoms with van der Waals surface area (Å²) in [5.41, 5.74) is 2.40. The molecule has 0 bridgehead atoms. The van der Waals surface area contributed by atoms with Gasteiger partial charge in [-0.15, -0.1) is 11.3 Å². The van der Waals surface area contributed by atoms with Crippen molar-refractivity contribution >= 4 is 23.2 Å². The Labute approximate surface area is 183 Å². The Hall–Kier alpha value is -3.84. The van der Waals surface area contributed by atoms with Crippen LogP contribution in [0.4, 0.5) is 0 Å². The first-order valence-corrected chi connectivity index (χ1v) is 10.4. The SMILES string of the molecule is COc1ccc(C=CC(=O)c2cccc(-n3cc(-c4cccs4)[nH]c3=O)c2)cc1OC. The summed E-state index contributed by atoms with van der Waals surface area (Å²) in [6.07, 6.45) is 4.96. The van der Waals surface area contributed by atoms with Crippen LogP contribution < -0.4 is 15.2 Å². The Morgan fingerprint density at radius 1 is 1.03 bits per heavy atom. The second kappa shape index (κ2) is 8.89. The summed E-state index contributed by atoms with van der Waals surface area (Å²) in [6, 6.07) is 16.3. The van der Waals surface area contributed by atoms with Gasteiger partial charge in [0.05, 0.1) is 30.5 Å². The fourth-order valence-electron chi connectivity index (χ4n) is 3.18. The van der Waals surface area contributed by atoms with Gasteiger partial charge in [0.2, 0.25) is 0 Å². The van der Waals surface area contributed by atoms with Crippen molar-refractivity contribution in [2.24, 2.45) is 0 Å². The van der Waals surface area contributed by atoms with Gasteiger partial charge in [0.15, 0.2) is 17.3 Å². The topological polar surface area (TPSA) is 73.3 Å². The van der Waals surface area contributed by atoms with Crippen LogP contribution in [0.5, 0.6) is 11.5 Å². The highest BCUT2D eigenvalue weighted by Gasteiger charge is 2.10. The van der Waals surface area contributed by atoms with Crippen LogP contribution in [-0.4, -0.2) is 29.6 Å². The molecule has 156 valence electrons. The van der Waals surface area contributed by atoms with E-state index in [2.05, 4.69) is 4.98 Å². The zero-order chi connectivity index (χ0) is 21.8. The first-order valence-electron chi connectivity index (χ1n) is 9.49. The van der Waals surface area contributed by atoms with Gasteiger partial charge in [0.1, 0.15) is 0 Å². The number of ether oxygens (including phenoxy) is 2. The van der Waals surface area contributed by atoms with Gasteiger partial charge in [-0.3, -0.25) is 9.36 Å². The number of H-pyrrole nitrogens is 1. The number of ketones is 1. The molecule has 4 rings (SSSR count). The molecule has 0 aliphatic rings. The highest BCUT2D eigenvalue weighted by Crippen LogP contribution is 2.28. The number of nitrogens with one attached hydrogen (secondary N) is 1. The molecular weight excluding hydrogens is 412 g/mol. The molecule has 0 spiro atoms. The van der Waals surface area contributed by atoms with Crippen molar-refractivity contribution in [1.82, 2.24) is 9.55 Å². The molecule has 0 saturated heterocycles. The largest absolute Gasteiger partial charge is 0.493 e. The number of allylic oxidation sites excluding steroid dienone is 1. The molecule has 0 amide bonds. The summed E-state index contributed by atoms with van der Waals surface area (Å²) in [4.78, 5) is 29.0. The lowest BCUT2D eigenvalue weighted by Gasteiger charge is -2.07. The number of thiophene rings is 1. The highest BCUT2D eigenvalue weighted by molar-refractivity contribution is 7.13. The van der Waals surface area contributed by atoms with E-state index in [1.165, 1.54) is 10.6 Å². The standard InChI is InChI=1S/C24H20N2O4S/c1-29-21-11-9-16(13-22(21)30-2)8-10-20(27)17-5-3-6-18(14-17)26-15-19(25-24(26)28)23-7-4-12-31-23/h3-15H,1-2H3,(H,25,28). The van der Waals surface area contributed by atoms with E-state index in [1.54, 1.807) is 74.2 Å². The average Bonchev–Trinajstić information content (AvgIpc) is 3.47. The van der Waals surface area contributed by atoms with E-state index < -0.39 is 0 Å². The van der Waals surface area contributed by atoms with Gasteiger partial charge in [-0.1, -0.05) is 30.3 Å². The molecule has 6 nitrogen and oxygen atoms in total. The fraction of sp³-hybridized carbons (Fsp3) is 0.0833. The maximum atomic E-state index is 12.7. The molecule has 0 aliphatic carbocycles. The molecule has 31 heavy (non-hydrogen) atoms. The Kier molecular flexibility index (Phi) is 5.86. The molecule has 1 N–H and O–H groups in total. The second-order valence-corrected chi connectivity index (χ2v) is 7.63. The van der Waals surface area contributed by atoms with E-state index in [9.17, 15) is 9.59 Å². The molecule has 0 saturated carbocycles. The van der Waals surface area contributed by atoms with Crippen molar-refractivity contribution in [3.8, 4) is 27.8 Å². The minimum Gasteiger partial charge on any atom is -0.493 e. The summed E-state index contributed by atoms with van der Waals surface area (Å²) in [5.74, 6) is 1.05. The number of carbonyl (C=O) groups is 1. The summed E-state index contributed by atoms with van der Waals surface area (Å²) in [5, 5.41) is 1.95. The van der Waals surface area contributed by atoms with Crippen LogP contribution in [0.2, 0.25) is 0 Å². The van der Waals surface area contributed by atoms with Crippen LogP contribution in [0, 0.1) is 0 Å². The van der Waals surface area contributed by atoms with E-state index in [-0.39, 0.29) is 11.5 Å². The summed E-state index contributed by atoms with van der Waals surface area (Å²) < 4.78 is 12.0. The van der Waals surface area contributed by atoms with Crippen LogP contribution >= 0.6 is 11.3 Å². The Bertz CT molecular complexity index is 1300. The molecule has 0 aliphatic heterocycles. The molecule has 4 aromatic rings. The van der Waals surface area contributed by atoms with Crippen molar-refractivity contribution in [2.45, 2.75) is 0 Å². The minimum absolute atomic E-state index is 0.168. The molecular formula is C24H20N2O4S. The fourth-order valence-corrected chi connectivity index (χ4v) is 3.87.